The lowest BCUT2D eigenvalue weighted by Crippen LogP contribution is -2.28. The molecule has 0 spiro atoms. The topological polar surface area (TPSA) is 75.6 Å². The Morgan fingerprint density at radius 2 is 1.95 bits per heavy atom. The van der Waals surface area contributed by atoms with Gasteiger partial charge in [-0.05, 0) is 36.6 Å². The second-order valence-corrected chi connectivity index (χ2v) is 4.48. The zero-order chi connectivity index (χ0) is 14.3. The van der Waals surface area contributed by atoms with Crippen LogP contribution in [-0.2, 0) is 4.79 Å². The lowest BCUT2D eigenvalue weighted by Gasteiger charge is -2.11. The van der Waals surface area contributed by atoms with Crippen LogP contribution in [-0.4, -0.2) is 30.6 Å². The van der Waals surface area contributed by atoms with Crippen molar-refractivity contribution in [3.63, 3.8) is 0 Å². The van der Waals surface area contributed by atoms with Crippen LogP contribution in [0.3, 0.4) is 0 Å². The Morgan fingerprint density at radius 3 is 2.47 bits per heavy atom. The Balaban J connectivity index is 2.39. The fourth-order valence-corrected chi connectivity index (χ4v) is 1.58. The largest absolute Gasteiger partial charge is 0.497 e. The van der Waals surface area contributed by atoms with E-state index in [1.54, 1.807) is 31.4 Å². The van der Waals surface area contributed by atoms with E-state index in [1.807, 2.05) is 6.92 Å². The molecule has 0 aliphatic heterocycles. The number of methoxy groups -OCH3 is 1. The van der Waals surface area contributed by atoms with Gasteiger partial charge in [0.05, 0.1) is 7.11 Å². The third-order valence-corrected chi connectivity index (χ3v) is 2.81. The standard InChI is InChI=1S/C14H19NO4/c1-10(3-8-13(16)17)9-15-14(18)11-4-6-12(19-2)7-5-11/h4-7,10H,3,8-9H2,1-2H3,(H,15,18)(H,16,17). The van der Waals surface area contributed by atoms with Crippen LogP contribution in [0.1, 0.15) is 30.1 Å². The molecule has 104 valence electrons. The Hall–Kier alpha value is -2.04. The molecule has 0 radical (unpaired) electrons. The summed E-state index contributed by atoms with van der Waals surface area (Å²) in [5.41, 5.74) is 0.561. The number of hydrogen-bond donors (Lipinski definition) is 2. The molecule has 0 aromatic heterocycles. The number of benzene rings is 1. The summed E-state index contributed by atoms with van der Waals surface area (Å²) in [5, 5.41) is 11.4. The van der Waals surface area contributed by atoms with Crippen molar-refractivity contribution in [3.05, 3.63) is 29.8 Å². The highest BCUT2D eigenvalue weighted by molar-refractivity contribution is 5.94. The summed E-state index contributed by atoms with van der Waals surface area (Å²) in [7, 11) is 1.57. The van der Waals surface area contributed by atoms with Crippen LogP contribution in [0.4, 0.5) is 0 Å². The Morgan fingerprint density at radius 1 is 1.32 bits per heavy atom. The molecule has 1 atom stereocenters. The van der Waals surface area contributed by atoms with Crippen molar-refractivity contribution < 1.29 is 19.4 Å². The van der Waals surface area contributed by atoms with Crippen LogP contribution in [0.25, 0.3) is 0 Å². The third kappa shape index (κ3) is 5.42. The number of carbonyl (C=O) groups is 2. The molecule has 1 amide bonds. The number of rotatable bonds is 7. The van der Waals surface area contributed by atoms with E-state index in [4.69, 9.17) is 9.84 Å². The summed E-state index contributed by atoms with van der Waals surface area (Å²) in [6, 6.07) is 6.83. The summed E-state index contributed by atoms with van der Waals surface area (Å²) in [4.78, 5) is 22.2. The maximum atomic E-state index is 11.8. The lowest BCUT2D eigenvalue weighted by atomic mass is 10.1. The van der Waals surface area contributed by atoms with Gasteiger partial charge in [0, 0.05) is 18.5 Å². The fraction of sp³-hybridized carbons (Fsp3) is 0.429. The van der Waals surface area contributed by atoms with E-state index in [1.165, 1.54) is 0 Å². The summed E-state index contributed by atoms with van der Waals surface area (Å²) < 4.78 is 5.01. The van der Waals surface area contributed by atoms with E-state index in [2.05, 4.69) is 5.32 Å². The molecular weight excluding hydrogens is 246 g/mol. The zero-order valence-electron chi connectivity index (χ0n) is 11.2. The van der Waals surface area contributed by atoms with E-state index in [-0.39, 0.29) is 18.2 Å². The van der Waals surface area contributed by atoms with Gasteiger partial charge in [0.2, 0.25) is 0 Å². The molecule has 0 bridgehead atoms. The first-order valence-electron chi connectivity index (χ1n) is 6.17. The lowest BCUT2D eigenvalue weighted by molar-refractivity contribution is -0.137. The van der Waals surface area contributed by atoms with Crippen LogP contribution in [0, 0.1) is 5.92 Å². The quantitative estimate of drug-likeness (QED) is 0.789. The second-order valence-electron chi connectivity index (χ2n) is 4.48. The molecule has 0 fully saturated rings. The van der Waals surface area contributed by atoms with Gasteiger partial charge in [-0.3, -0.25) is 9.59 Å². The zero-order valence-corrected chi connectivity index (χ0v) is 11.2. The molecule has 0 aliphatic rings. The van der Waals surface area contributed by atoms with Crippen molar-refractivity contribution in [1.29, 1.82) is 0 Å². The number of aliphatic carboxylic acids is 1. The van der Waals surface area contributed by atoms with Gasteiger partial charge < -0.3 is 15.2 Å². The smallest absolute Gasteiger partial charge is 0.303 e. The van der Waals surface area contributed by atoms with Crippen molar-refractivity contribution in [3.8, 4) is 5.75 Å². The SMILES string of the molecule is COc1ccc(C(=O)NCC(C)CCC(=O)O)cc1. The number of amides is 1. The maximum absolute atomic E-state index is 11.8. The first-order valence-corrected chi connectivity index (χ1v) is 6.17. The van der Waals surface area contributed by atoms with Gasteiger partial charge in [0.15, 0.2) is 0 Å². The molecule has 2 N–H and O–H groups in total. The predicted octanol–water partition coefficient (Wildman–Crippen LogP) is 1.93. The number of nitrogens with one attached hydrogen (secondary N) is 1. The molecule has 1 unspecified atom stereocenters. The van der Waals surface area contributed by atoms with E-state index < -0.39 is 5.97 Å². The summed E-state index contributed by atoms with van der Waals surface area (Å²) >= 11 is 0. The maximum Gasteiger partial charge on any atom is 0.303 e. The third-order valence-electron chi connectivity index (χ3n) is 2.81. The molecule has 19 heavy (non-hydrogen) atoms. The molecule has 0 saturated heterocycles. The highest BCUT2D eigenvalue weighted by Crippen LogP contribution is 2.11. The van der Waals surface area contributed by atoms with Crippen molar-refractivity contribution in [1.82, 2.24) is 5.32 Å². The summed E-state index contributed by atoms with van der Waals surface area (Å²) in [6.07, 6.45) is 0.678. The molecule has 1 aromatic carbocycles. The Bertz CT molecular complexity index is 428. The molecule has 1 aromatic rings. The van der Waals surface area contributed by atoms with Gasteiger partial charge >= 0.3 is 5.97 Å². The van der Waals surface area contributed by atoms with E-state index in [0.717, 1.165) is 0 Å². The predicted molar refractivity (Wildman–Crippen MR) is 71.4 cm³/mol. The van der Waals surface area contributed by atoms with Crippen LogP contribution < -0.4 is 10.1 Å². The van der Waals surface area contributed by atoms with Crippen LogP contribution in [0.5, 0.6) is 5.75 Å². The van der Waals surface area contributed by atoms with Gasteiger partial charge in [-0.25, -0.2) is 0 Å². The van der Waals surface area contributed by atoms with Crippen molar-refractivity contribution in [2.45, 2.75) is 19.8 Å². The van der Waals surface area contributed by atoms with Crippen LogP contribution >= 0.6 is 0 Å². The number of carboxylic acids is 1. The molecule has 5 nitrogen and oxygen atoms in total. The Kier molecular flexibility index (Phi) is 5.85. The van der Waals surface area contributed by atoms with E-state index in [9.17, 15) is 9.59 Å². The van der Waals surface area contributed by atoms with Gasteiger partial charge in [-0.1, -0.05) is 6.92 Å². The number of hydrogen-bond acceptors (Lipinski definition) is 3. The van der Waals surface area contributed by atoms with Gasteiger partial charge in [0.25, 0.3) is 5.91 Å². The highest BCUT2D eigenvalue weighted by atomic mass is 16.5. The average Bonchev–Trinajstić information content (AvgIpc) is 2.42. The number of carboxylic acid groups (broad SMARTS) is 1. The molecule has 0 saturated carbocycles. The second kappa shape index (κ2) is 7.41. The monoisotopic (exact) mass is 265 g/mol. The Labute approximate surface area is 112 Å². The van der Waals surface area contributed by atoms with Gasteiger partial charge in [-0.15, -0.1) is 0 Å². The summed E-state index contributed by atoms with van der Waals surface area (Å²) in [5.74, 6) is -0.136. The average molecular weight is 265 g/mol. The van der Waals surface area contributed by atoms with E-state index in [0.29, 0.717) is 24.3 Å². The van der Waals surface area contributed by atoms with Crippen LogP contribution in [0.15, 0.2) is 24.3 Å². The normalized spacial score (nSPS) is 11.7. The first-order chi connectivity index (χ1) is 9.02. The minimum absolute atomic E-state index is 0.125. The van der Waals surface area contributed by atoms with Crippen molar-refractivity contribution in [2.75, 3.05) is 13.7 Å². The van der Waals surface area contributed by atoms with E-state index >= 15 is 0 Å². The molecule has 0 aliphatic carbocycles. The van der Waals surface area contributed by atoms with Crippen molar-refractivity contribution in [2.24, 2.45) is 5.92 Å². The van der Waals surface area contributed by atoms with Gasteiger partial charge in [-0.2, -0.15) is 0 Å². The van der Waals surface area contributed by atoms with Gasteiger partial charge in [0.1, 0.15) is 5.75 Å². The molecule has 5 heteroatoms. The minimum Gasteiger partial charge on any atom is -0.497 e. The molecule has 1 rings (SSSR count). The summed E-state index contributed by atoms with van der Waals surface area (Å²) in [6.45, 7) is 2.38. The highest BCUT2D eigenvalue weighted by Gasteiger charge is 2.09. The van der Waals surface area contributed by atoms with Crippen LogP contribution in [0.2, 0.25) is 0 Å². The molecule has 0 heterocycles. The number of carbonyl (C=O) groups excluding carboxylic acids is 1. The first kappa shape index (κ1) is 15.0. The van der Waals surface area contributed by atoms with Crippen molar-refractivity contribution >= 4 is 11.9 Å². The minimum atomic E-state index is -0.812. The molecular formula is C14H19NO4. The number of ether oxygens (including phenoxy) is 1. The fourth-order valence-electron chi connectivity index (χ4n) is 1.58.